The molecule has 1 N–H and O–H groups in total. The van der Waals surface area contributed by atoms with Gasteiger partial charge in [-0.1, -0.05) is 93.2 Å². The Morgan fingerprint density at radius 3 is 2.08 bits per heavy atom. The third kappa shape index (κ3) is 11.0. The highest BCUT2D eigenvalue weighted by Crippen LogP contribution is 2.45. The minimum Gasteiger partial charge on any atom is -0.487 e. The number of hydrogen-bond donors (Lipinski definition) is 1. The molecule has 0 radical (unpaired) electrons. The monoisotopic (exact) mass is 566 g/mol. The predicted molar refractivity (Wildman–Crippen MR) is 162 cm³/mol. The summed E-state index contributed by atoms with van der Waals surface area (Å²) in [6, 6.07) is 0. The van der Waals surface area contributed by atoms with Gasteiger partial charge in [-0.3, -0.25) is 9.59 Å². The van der Waals surface area contributed by atoms with Gasteiger partial charge < -0.3 is 14.6 Å². The van der Waals surface area contributed by atoms with Crippen molar-refractivity contribution < 1.29 is 24.2 Å². The fraction of sp³-hybridized carbons (Fsp3) is 0.742. The molecule has 7 heteroatoms. The first-order valence-corrected chi connectivity index (χ1v) is 17.0. The lowest BCUT2D eigenvalue weighted by atomic mass is 9.84. The van der Waals surface area contributed by atoms with Crippen molar-refractivity contribution in [3.63, 3.8) is 0 Å². The number of carboxylic acid groups (broad SMARTS) is 1. The second-order valence-corrected chi connectivity index (χ2v) is 14.0. The van der Waals surface area contributed by atoms with E-state index in [1.54, 1.807) is 0 Å². The van der Waals surface area contributed by atoms with E-state index in [9.17, 15) is 9.59 Å². The number of ether oxygens (including phenoxy) is 2. The number of aliphatic carboxylic acids is 1. The highest BCUT2D eigenvalue weighted by atomic mass is 33.1. The molecule has 0 spiro atoms. The van der Waals surface area contributed by atoms with Crippen molar-refractivity contribution in [2.75, 3.05) is 11.5 Å². The van der Waals surface area contributed by atoms with Gasteiger partial charge in [0.05, 0.1) is 0 Å². The maximum atomic E-state index is 12.4. The summed E-state index contributed by atoms with van der Waals surface area (Å²) in [6.07, 6.45) is 16.4. The molecule has 0 saturated heterocycles. The second-order valence-electron chi connectivity index (χ2n) is 11.6. The number of rotatable bonds is 18. The number of carbonyl (C=O) groups excluding carboxylic acids is 1. The number of esters is 1. The number of fused-ring (bicyclic) bond motifs is 1. The zero-order chi connectivity index (χ0) is 28.1. The maximum absolute atomic E-state index is 12.4. The zero-order valence-electron chi connectivity index (χ0n) is 24.6. The summed E-state index contributed by atoms with van der Waals surface area (Å²) in [5, 5.41) is 8.74. The SMILES string of the molecule is Cc1c(C)c2c(c(C)c1OC(=O)CSSCC(=O)O)CC[C@@](C)(CCCCCCCCCCCC(C)C)O2. The third-order valence-corrected chi connectivity index (χ3v) is 9.80. The van der Waals surface area contributed by atoms with Crippen LogP contribution in [0, 0.1) is 26.7 Å². The molecule has 0 bridgehead atoms. The van der Waals surface area contributed by atoms with E-state index in [0.717, 1.165) is 64.0 Å². The summed E-state index contributed by atoms with van der Waals surface area (Å²) in [7, 11) is 2.35. The van der Waals surface area contributed by atoms with Crippen LogP contribution in [0.5, 0.6) is 11.5 Å². The summed E-state index contributed by atoms with van der Waals surface area (Å²) in [6.45, 7) is 12.9. The highest BCUT2D eigenvalue weighted by Gasteiger charge is 2.34. The molecule has 1 aromatic carbocycles. The standard InChI is InChI=1S/C31H50O5S2/c1-22(2)16-14-12-10-8-7-9-11-13-15-18-31(6)19-17-26-25(5)29(23(3)24(4)30(26)36-31)35-28(34)21-38-37-20-27(32)33/h22H,7-21H2,1-6H3,(H,32,33)/t31-/m1/s1. The normalized spacial score (nSPS) is 16.8. The Morgan fingerprint density at radius 2 is 1.47 bits per heavy atom. The van der Waals surface area contributed by atoms with Crippen LogP contribution in [0.15, 0.2) is 0 Å². The lowest BCUT2D eigenvalue weighted by Crippen LogP contribution is -2.37. The van der Waals surface area contributed by atoms with Crippen LogP contribution in [0.1, 0.15) is 120 Å². The van der Waals surface area contributed by atoms with Gasteiger partial charge in [-0.2, -0.15) is 0 Å². The van der Waals surface area contributed by atoms with Gasteiger partial charge in [-0.05, 0) is 76.0 Å². The lowest BCUT2D eigenvalue weighted by Gasteiger charge is -2.38. The van der Waals surface area contributed by atoms with Gasteiger partial charge in [-0.15, -0.1) is 0 Å². The smallest absolute Gasteiger partial charge is 0.322 e. The van der Waals surface area contributed by atoms with E-state index in [4.69, 9.17) is 14.6 Å². The molecule has 1 heterocycles. The van der Waals surface area contributed by atoms with Gasteiger partial charge in [-0.25, -0.2) is 0 Å². The molecular formula is C31H50O5S2. The van der Waals surface area contributed by atoms with E-state index < -0.39 is 5.97 Å². The van der Waals surface area contributed by atoms with Crippen molar-refractivity contribution in [2.45, 2.75) is 131 Å². The van der Waals surface area contributed by atoms with Crippen molar-refractivity contribution in [1.29, 1.82) is 0 Å². The van der Waals surface area contributed by atoms with Crippen LogP contribution in [0.25, 0.3) is 0 Å². The predicted octanol–water partition coefficient (Wildman–Crippen LogP) is 9.01. The first kappa shape index (κ1) is 32.9. The van der Waals surface area contributed by atoms with Crippen molar-refractivity contribution >= 4 is 33.5 Å². The minimum absolute atomic E-state index is 0.0389. The van der Waals surface area contributed by atoms with E-state index in [0.29, 0.717) is 5.75 Å². The Balaban J connectivity index is 1.80. The van der Waals surface area contributed by atoms with Gasteiger partial charge in [0, 0.05) is 5.56 Å². The van der Waals surface area contributed by atoms with Crippen molar-refractivity contribution in [3.8, 4) is 11.5 Å². The Bertz CT molecular complexity index is 914. The highest BCUT2D eigenvalue weighted by molar-refractivity contribution is 8.77. The Morgan fingerprint density at radius 1 is 0.895 bits per heavy atom. The van der Waals surface area contributed by atoms with E-state index in [1.165, 1.54) is 75.0 Å². The molecule has 38 heavy (non-hydrogen) atoms. The molecule has 0 aliphatic carbocycles. The van der Waals surface area contributed by atoms with Gasteiger partial charge >= 0.3 is 11.9 Å². The van der Waals surface area contributed by atoms with Crippen LogP contribution in [0.3, 0.4) is 0 Å². The molecule has 216 valence electrons. The summed E-state index contributed by atoms with van der Waals surface area (Å²) in [4.78, 5) is 23.0. The van der Waals surface area contributed by atoms with Crippen molar-refractivity contribution in [2.24, 2.45) is 5.92 Å². The number of unbranched alkanes of at least 4 members (excludes halogenated alkanes) is 8. The summed E-state index contributed by atoms with van der Waals surface area (Å²) in [5.74, 6) is 1.26. The van der Waals surface area contributed by atoms with Gasteiger partial charge in [0.2, 0.25) is 0 Å². The summed E-state index contributed by atoms with van der Waals surface area (Å²) < 4.78 is 12.4. The van der Waals surface area contributed by atoms with Crippen LogP contribution in [0.4, 0.5) is 0 Å². The lowest BCUT2D eigenvalue weighted by molar-refractivity contribution is -0.134. The van der Waals surface area contributed by atoms with E-state index in [1.807, 2.05) is 13.8 Å². The van der Waals surface area contributed by atoms with E-state index in [-0.39, 0.29) is 23.1 Å². The maximum Gasteiger partial charge on any atom is 0.322 e. The first-order chi connectivity index (χ1) is 18.0. The van der Waals surface area contributed by atoms with Crippen LogP contribution in [-0.4, -0.2) is 34.2 Å². The molecule has 0 amide bonds. The Labute approximate surface area is 239 Å². The molecule has 2 rings (SSSR count). The number of carboxylic acids is 1. The van der Waals surface area contributed by atoms with Crippen LogP contribution >= 0.6 is 21.6 Å². The van der Waals surface area contributed by atoms with Crippen LogP contribution in [-0.2, 0) is 16.0 Å². The van der Waals surface area contributed by atoms with Crippen molar-refractivity contribution in [3.05, 3.63) is 22.3 Å². The summed E-state index contributed by atoms with van der Waals surface area (Å²) >= 11 is 0. The average molecular weight is 567 g/mol. The Kier molecular flexibility index (Phi) is 14.4. The molecule has 1 aliphatic rings. The number of carbonyl (C=O) groups is 2. The molecule has 0 saturated carbocycles. The molecule has 0 fully saturated rings. The van der Waals surface area contributed by atoms with Gasteiger partial charge in [0.1, 0.15) is 28.6 Å². The van der Waals surface area contributed by atoms with Crippen molar-refractivity contribution in [1.82, 2.24) is 0 Å². The molecule has 0 aromatic heterocycles. The average Bonchev–Trinajstić information content (AvgIpc) is 2.86. The molecule has 1 aliphatic heterocycles. The minimum atomic E-state index is -0.891. The largest absolute Gasteiger partial charge is 0.487 e. The van der Waals surface area contributed by atoms with E-state index >= 15 is 0 Å². The number of benzene rings is 1. The van der Waals surface area contributed by atoms with E-state index in [2.05, 4.69) is 27.7 Å². The molecule has 1 atom stereocenters. The fourth-order valence-electron chi connectivity index (χ4n) is 5.22. The molecule has 5 nitrogen and oxygen atoms in total. The first-order valence-electron chi connectivity index (χ1n) is 14.5. The third-order valence-electron chi connectivity index (χ3n) is 7.71. The quantitative estimate of drug-likeness (QED) is 0.0822. The molecule has 0 unspecified atom stereocenters. The molecule has 1 aromatic rings. The van der Waals surface area contributed by atoms with Crippen LogP contribution in [0.2, 0.25) is 0 Å². The zero-order valence-corrected chi connectivity index (χ0v) is 26.2. The fourth-order valence-corrected chi connectivity index (χ4v) is 6.74. The second kappa shape index (κ2) is 16.7. The van der Waals surface area contributed by atoms with Gasteiger partial charge in [0.15, 0.2) is 0 Å². The topological polar surface area (TPSA) is 72.8 Å². The summed E-state index contributed by atoms with van der Waals surface area (Å²) in [5.41, 5.74) is 3.95. The van der Waals surface area contributed by atoms with Gasteiger partial charge in [0.25, 0.3) is 0 Å². The molecular weight excluding hydrogens is 516 g/mol. The van der Waals surface area contributed by atoms with Crippen LogP contribution < -0.4 is 9.47 Å². The Hall–Kier alpha value is -1.34. The number of hydrogen-bond acceptors (Lipinski definition) is 6.